The van der Waals surface area contributed by atoms with E-state index in [1.165, 1.54) is 12.3 Å². The Morgan fingerprint density at radius 1 is 1.31 bits per heavy atom. The molecule has 29 heavy (non-hydrogen) atoms. The van der Waals surface area contributed by atoms with E-state index in [2.05, 4.69) is 15.6 Å². The number of ether oxygens (including phenoxy) is 1. The van der Waals surface area contributed by atoms with Crippen molar-refractivity contribution in [3.8, 4) is 5.75 Å². The van der Waals surface area contributed by atoms with E-state index >= 15 is 0 Å². The lowest BCUT2D eigenvalue weighted by Gasteiger charge is -2.09. The van der Waals surface area contributed by atoms with Crippen LogP contribution in [0.3, 0.4) is 0 Å². The quantitative estimate of drug-likeness (QED) is 0.212. The normalized spacial score (nSPS) is 11.1. The highest BCUT2D eigenvalue weighted by Crippen LogP contribution is 2.20. The number of carbonyl (C=O) groups is 2. The van der Waals surface area contributed by atoms with Gasteiger partial charge in [0.2, 0.25) is 5.76 Å². The molecule has 3 rings (SSSR count). The fraction of sp³-hybridized carbons (Fsp3) is 0.111. The van der Waals surface area contributed by atoms with Gasteiger partial charge < -0.3 is 9.15 Å². The number of amides is 1. The van der Waals surface area contributed by atoms with Crippen LogP contribution in [0.2, 0.25) is 0 Å². The Labute approximate surface area is 163 Å². The first kappa shape index (κ1) is 19.5. The van der Waals surface area contributed by atoms with Gasteiger partial charge in [0.05, 0.1) is 16.9 Å². The van der Waals surface area contributed by atoms with Gasteiger partial charge in [0.15, 0.2) is 0 Å². The summed E-state index contributed by atoms with van der Waals surface area (Å²) in [4.78, 5) is 34.1. The highest BCUT2D eigenvalue weighted by molar-refractivity contribution is 6.02. The number of hydrogen-bond acceptors (Lipinski definition) is 8. The molecule has 0 aliphatic rings. The summed E-state index contributed by atoms with van der Waals surface area (Å²) >= 11 is 0. The van der Waals surface area contributed by atoms with Crippen molar-refractivity contribution in [1.82, 2.24) is 15.2 Å². The van der Waals surface area contributed by atoms with Gasteiger partial charge in [-0.25, -0.2) is 10.2 Å². The number of rotatable bonds is 7. The van der Waals surface area contributed by atoms with Gasteiger partial charge in [-0.05, 0) is 31.2 Å². The molecule has 0 saturated carbocycles. The molecule has 2 aromatic heterocycles. The van der Waals surface area contributed by atoms with E-state index in [0.717, 1.165) is 17.1 Å². The summed E-state index contributed by atoms with van der Waals surface area (Å²) in [5.74, 6) is -0.907. The van der Waals surface area contributed by atoms with Crippen molar-refractivity contribution in [1.29, 1.82) is 0 Å². The molecule has 1 amide bonds. The van der Waals surface area contributed by atoms with Crippen LogP contribution in [0.25, 0.3) is 0 Å². The molecule has 0 unspecified atom stereocenters. The maximum absolute atomic E-state index is 12.1. The number of benzene rings is 1. The SMILES string of the molecule is C/C(=N\NC(=O)Cn1cc([N+](=O)[O-])cn1)c1ccccc1OC(=O)c1ccco1. The van der Waals surface area contributed by atoms with Crippen molar-refractivity contribution in [3.05, 3.63) is 76.5 Å². The number of hydrogen-bond donors (Lipinski definition) is 1. The first-order valence-corrected chi connectivity index (χ1v) is 8.29. The molecule has 0 saturated heterocycles. The number of nitrogens with zero attached hydrogens (tertiary/aromatic N) is 4. The van der Waals surface area contributed by atoms with E-state index in [0.29, 0.717) is 11.3 Å². The molecule has 1 N–H and O–H groups in total. The number of nitrogens with one attached hydrogen (secondary N) is 1. The van der Waals surface area contributed by atoms with Gasteiger partial charge in [0.1, 0.15) is 24.7 Å². The van der Waals surface area contributed by atoms with Gasteiger partial charge >= 0.3 is 11.7 Å². The average Bonchev–Trinajstić information content (AvgIpc) is 3.39. The van der Waals surface area contributed by atoms with Gasteiger partial charge in [-0.15, -0.1) is 0 Å². The highest BCUT2D eigenvalue weighted by atomic mass is 16.6. The van der Waals surface area contributed by atoms with Crippen molar-refractivity contribution in [2.45, 2.75) is 13.5 Å². The second-order valence-corrected chi connectivity index (χ2v) is 5.75. The van der Waals surface area contributed by atoms with Crippen LogP contribution in [-0.2, 0) is 11.3 Å². The monoisotopic (exact) mass is 397 g/mol. The van der Waals surface area contributed by atoms with Crippen molar-refractivity contribution in [3.63, 3.8) is 0 Å². The molecule has 2 heterocycles. The zero-order valence-corrected chi connectivity index (χ0v) is 15.1. The van der Waals surface area contributed by atoms with Crippen LogP contribution in [0.4, 0.5) is 5.69 Å². The Kier molecular flexibility index (Phi) is 5.78. The van der Waals surface area contributed by atoms with E-state index < -0.39 is 16.8 Å². The Morgan fingerprint density at radius 3 is 2.79 bits per heavy atom. The zero-order valence-electron chi connectivity index (χ0n) is 15.1. The van der Waals surface area contributed by atoms with Crippen LogP contribution in [0.5, 0.6) is 5.75 Å². The highest BCUT2D eigenvalue weighted by Gasteiger charge is 2.15. The maximum atomic E-state index is 12.1. The Bertz CT molecular complexity index is 1070. The fourth-order valence-corrected chi connectivity index (χ4v) is 2.32. The lowest BCUT2D eigenvalue weighted by molar-refractivity contribution is -0.385. The van der Waals surface area contributed by atoms with Crippen LogP contribution in [0.15, 0.2) is 64.6 Å². The third kappa shape index (κ3) is 4.91. The van der Waals surface area contributed by atoms with Crippen molar-refractivity contribution < 1.29 is 23.7 Å². The zero-order chi connectivity index (χ0) is 20.8. The van der Waals surface area contributed by atoms with Crippen molar-refractivity contribution >= 4 is 23.3 Å². The Balaban J connectivity index is 1.66. The van der Waals surface area contributed by atoms with E-state index in [1.54, 1.807) is 37.3 Å². The van der Waals surface area contributed by atoms with E-state index in [1.807, 2.05) is 0 Å². The standard InChI is InChI=1S/C18H15N5O6/c1-12(20-21-17(24)11-22-10-13(9-19-22)23(26)27)14-5-2-3-6-15(14)29-18(25)16-7-4-8-28-16/h2-10H,11H2,1H3,(H,21,24)/b20-12+. The number of aromatic nitrogens is 2. The van der Waals surface area contributed by atoms with Gasteiger partial charge in [-0.2, -0.15) is 10.2 Å². The topological polar surface area (TPSA) is 142 Å². The molecule has 0 aliphatic heterocycles. The van der Waals surface area contributed by atoms with Gasteiger partial charge in [-0.3, -0.25) is 19.6 Å². The summed E-state index contributed by atoms with van der Waals surface area (Å²) in [6.07, 6.45) is 3.55. The molecule has 0 aliphatic carbocycles. The average molecular weight is 397 g/mol. The van der Waals surface area contributed by atoms with Gasteiger partial charge in [0, 0.05) is 5.56 Å². The van der Waals surface area contributed by atoms with Crippen molar-refractivity contribution in [2.24, 2.45) is 5.10 Å². The van der Waals surface area contributed by atoms with E-state index in [4.69, 9.17) is 9.15 Å². The van der Waals surface area contributed by atoms with E-state index in [-0.39, 0.29) is 23.7 Å². The molecule has 0 fully saturated rings. The number of para-hydroxylation sites is 1. The maximum Gasteiger partial charge on any atom is 0.379 e. The third-order valence-electron chi connectivity index (χ3n) is 3.69. The van der Waals surface area contributed by atoms with Gasteiger partial charge in [-0.1, -0.05) is 12.1 Å². The summed E-state index contributed by atoms with van der Waals surface area (Å²) in [5, 5.41) is 18.4. The predicted octanol–water partition coefficient (Wildman–Crippen LogP) is 2.14. The first-order valence-electron chi connectivity index (χ1n) is 8.29. The Hall–Kier alpha value is -4.28. The predicted molar refractivity (Wildman–Crippen MR) is 99.3 cm³/mol. The van der Waals surface area contributed by atoms with Crippen LogP contribution in [0.1, 0.15) is 23.0 Å². The molecule has 148 valence electrons. The summed E-state index contributed by atoms with van der Waals surface area (Å²) in [7, 11) is 0. The molecule has 0 bridgehead atoms. The molecule has 1 aromatic carbocycles. The second-order valence-electron chi connectivity index (χ2n) is 5.75. The largest absolute Gasteiger partial charge is 0.457 e. The molecule has 11 nitrogen and oxygen atoms in total. The molecular weight excluding hydrogens is 382 g/mol. The van der Waals surface area contributed by atoms with Crippen molar-refractivity contribution in [2.75, 3.05) is 0 Å². The number of esters is 1. The lowest BCUT2D eigenvalue weighted by atomic mass is 10.1. The minimum absolute atomic E-state index is 0.0519. The molecule has 3 aromatic rings. The van der Waals surface area contributed by atoms with Crippen LogP contribution in [-0.4, -0.2) is 32.3 Å². The second kappa shape index (κ2) is 8.61. The summed E-state index contributed by atoms with van der Waals surface area (Å²) in [6, 6.07) is 9.71. The molecular formula is C18H15N5O6. The van der Waals surface area contributed by atoms with E-state index in [9.17, 15) is 19.7 Å². The number of nitro groups is 1. The smallest absolute Gasteiger partial charge is 0.379 e. The van der Waals surface area contributed by atoms with Gasteiger partial charge in [0.25, 0.3) is 5.91 Å². The summed E-state index contributed by atoms with van der Waals surface area (Å²) in [6.45, 7) is 1.37. The Morgan fingerprint density at radius 2 is 2.10 bits per heavy atom. The molecule has 0 spiro atoms. The molecule has 11 heteroatoms. The molecule has 0 radical (unpaired) electrons. The summed E-state index contributed by atoms with van der Waals surface area (Å²) in [5.41, 5.74) is 2.99. The molecule has 0 atom stereocenters. The minimum atomic E-state index is -0.667. The summed E-state index contributed by atoms with van der Waals surface area (Å²) < 4.78 is 11.5. The van der Waals surface area contributed by atoms with Crippen LogP contribution >= 0.6 is 0 Å². The lowest BCUT2D eigenvalue weighted by Crippen LogP contribution is -2.24. The fourth-order valence-electron chi connectivity index (χ4n) is 2.32. The number of carbonyl (C=O) groups excluding carboxylic acids is 2. The number of hydrazone groups is 1. The minimum Gasteiger partial charge on any atom is -0.457 e. The van der Waals surface area contributed by atoms with Crippen LogP contribution in [0, 0.1) is 10.1 Å². The number of furan rings is 1. The van der Waals surface area contributed by atoms with Crippen LogP contribution < -0.4 is 10.2 Å². The third-order valence-corrected chi connectivity index (χ3v) is 3.69. The first-order chi connectivity index (χ1) is 13.9.